The van der Waals surface area contributed by atoms with Gasteiger partial charge in [-0.05, 0) is 5.56 Å². The minimum atomic E-state index is -0.281. The number of carbonyl (C=O) groups is 2. The molecule has 98 valence electrons. The summed E-state index contributed by atoms with van der Waals surface area (Å²) >= 11 is 1.33. The van der Waals surface area contributed by atoms with Crippen molar-refractivity contribution >= 4 is 28.3 Å². The molecular formula is C13H13N3O2S. The molecule has 0 saturated heterocycles. The summed E-state index contributed by atoms with van der Waals surface area (Å²) in [6.45, 7) is -0.0504. The number of benzene rings is 1. The van der Waals surface area contributed by atoms with Crippen LogP contribution in [0.15, 0.2) is 41.9 Å². The normalized spacial score (nSPS) is 9.89. The van der Waals surface area contributed by atoms with Crippen LogP contribution in [-0.2, 0) is 16.0 Å². The molecule has 6 heteroatoms. The Hall–Kier alpha value is -2.21. The molecule has 0 spiro atoms. The lowest BCUT2D eigenvalue weighted by Crippen LogP contribution is -2.33. The zero-order valence-corrected chi connectivity index (χ0v) is 10.9. The van der Waals surface area contributed by atoms with E-state index in [1.165, 1.54) is 11.3 Å². The number of amides is 2. The molecule has 0 fully saturated rings. The van der Waals surface area contributed by atoms with E-state index in [0.717, 1.165) is 5.56 Å². The van der Waals surface area contributed by atoms with E-state index in [0.29, 0.717) is 5.13 Å². The molecule has 0 atom stereocenters. The second-order valence-corrected chi connectivity index (χ2v) is 4.72. The molecule has 2 N–H and O–H groups in total. The third-order valence-electron chi connectivity index (χ3n) is 2.33. The quantitative estimate of drug-likeness (QED) is 0.867. The maximum Gasteiger partial charge on any atom is 0.245 e. The van der Waals surface area contributed by atoms with Gasteiger partial charge in [-0.3, -0.25) is 9.59 Å². The fourth-order valence-electron chi connectivity index (χ4n) is 1.47. The Labute approximate surface area is 114 Å². The maximum absolute atomic E-state index is 11.6. The van der Waals surface area contributed by atoms with E-state index in [2.05, 4.69) is 15.6 Å². The van der Waals surface area contributed by atoms with Crippen molar-refractivity contribution in [3.63, 3.8) is 0 Å². The Kier molecular flexibility index (Phi) is 4.63. The van der Waals surface area contributed by atoms with Crippen molar-refractivity contribution in [2.75, 3.05) is 11.9 Å². The average molecular weight is 275 g/mol. The summed E-state index contributed by atoms with van der Waals surface area (Å²) in [6.07, 6.45) is 1.87. The first-order valence-corrected chi connectivity index (χ1v) is 6.62. The molecule has 1 aromatic carbocycles. The molecule has 0 unspecified atom stereocenters. The van der Waals surface area contributed by atoms with Crippen LogP contribution in [-0.4, -0.2) is 23.3 Å². The first-order chi connectivity index (χ1) is 9.24. The first kappa shape index (κ1) is 13.2. The molecule has 0 aliphatic carbocycles. The van der Waals surface area contributed by atoms with E-state index >= 15 is 0 Å². The van der Waals surface area contributed by atoms with Gasteiger partial charge in [0.2, 0.25) is 11.8 Å². The van der Waals surface area contributed by atoms with Crippen LogP contribution in [0.3, 0.4) is 0 Å². The van der Waals surface area contributed by atoms with Crippen LogP contribution in [0.25, 0.3) is 0 Å². The van der Waals surface area contributed by atoms with Gasteiger partial charge in [0, 0.05) is 11.6 Å². The number of hydrogen-bond donors (Lipinski definition) is 2. The van der Waals surface area contributed by atoms with Gasteiger partial charge in [-0.2, -0.15) is 0 Å². The number of aromatic nitrogens is 1. The molecule has 2 amide bonds. The summed E-state index contributed by atoms with van der Waals surface area (Å²) in [5, 5.41) is 7.46. The largest absolute Gasteiger partial charge is 0.347 e. The van der Waals surface area contributed by atoms with Gasteiger partial charge >= 0.3 is 0 Å². The monoisotopic (exact) mass is 275 g/mol. The number of rotatable bonds is 5. The van der Waals surface area contributed by atoms with Crippen LogP contribution in [0.1, 0.15) is 5.56 Å². The van der Waals surface area contributed by atoms with Crippen LogP contribution >= 0.6 is 11.3 Å². The van der Waals surface area contributed by atoms with Crippen molar-refractivity contribution in [2.24, 2.45) is 0 Å². The molecule has 2 rings (SSSR count). The molecule has 0 radical (unpaired) electrons. The highest BCUT2D eigenvalue weighted by Gasteiger charge is 2.07. The van der Waals surface area contributed by atoms with Crippen molar-refractivity contribution in [3.05, 3.63) is 47.5 Å². The standard InChI is InChI=1S/C13H13N3O2S/c17-11(8-10-4-2-1-3-5-10)15-9-12(18)16-13-14-6-7-19-13/h1-7H,8-9H2,(H,15,17)(H,14,16,18). The topological polar surface area (TPSA) is 71.1 Å². The van der Waals surface area contributed by atoms with Gasteiger partial charge in [-0.1, -0.05) is 30.3 Å². The number of nitrogens with zero attached hydrogens (tertiary/aromatic N) is 1. The van der Waals surface area contributed by atoms with E-state index in [1.54, 1.807) is 11.6 Å². The first-order valence-electron chi connectivity index (χ1n) is 5.74. The summed E-state index contributed by atoms with van der Waals surface area (Å²) in [4.78, 5) is 27.0. The smallest absolute Gasteiger partial charge is 0.245 e. The van der Waals surface area contributed by atoms with E-state index < -0.39 is 0 Å². The van der Waals surface area contributed by atoms with Crippen LogP contribution in [0, 0.1) is 0 Å². The lowest BCUT2D eigenvalue weighted by atomic mass is 10.1. The lowest BCUT2D eigenvalue weighted by Gasteiger charge is -2.05. The predicted molar refractivity (Wildman–Crippen MR) is 73.9 cm³/mol. The van der Waals surface area contributed by atoms with Crippen molar-refractivity contribution < 1.29 is 9.59 Å². The summed E-state index contributed by atoms with van der Waals surface area (Å²) < 4.78 is 0. The summed E-state index contributed by atoms with van der Waals surface area (Å²) in [5.41, 5.74) is 0.917. The summed E-state index contributed by atoms with van der Waals surface area (Å²) in [5.74, 6) is -0.461. The number of hydrogen-bond acceptors (Lipinski definition) is 4. The summed E-state index contributed by atoms with van der Waals surface area (Å²) in [6, 6.07) is 9.38. The number of thiazole rings is 1. The molecule has 0 saturated carbocycles. The molecule has 0 bridgehead atoms. The van der Waals surface area contributed by atoms with E-state index in [4.69, 9.17) is 0 Å². The molecule has 2 aromatic rings. The third kappa shape index (κ3) is 4.51. The van der Waals surface area contributed by atoms with Crippen LogP contribution in [0.5, 0.6) is 0 Å². The van der Waals surface area contributed by atoms with E-state index in [-0.39, 0.29) is 24.8 Å². The molecular weight excluding hydrogens is 262 g/mol. The molecule has 5 nitrogen and oxygen atoms in total. The van der Waals surface area contributed by atoms with E-state index in [1.807, 2.05) is 30.3 Å². The van der Waals surface area contributed by atoms with Gasteiger partial charge in [0.25, 0.3) is 0 Å². The van der Waals surface area contributed by atoms with Gasteiger partial charge in [0.05, 0.1) is 13.0 Å². The summed E-state index contributed by atoms with van der Waals surface area (Å²) in [7, 11) is 0. The van der Waals surface area contributed by atoms with Gasteiger partial charge in [0.15, 0.2) is 5.13 Å². The zero-order valence-electron chi connectivity index (χ0n) is 10.1. The second kappa shape index (κ2) is 6.65. The Morgan fingerprint density at radius 2 is 1.95 bits per heavy atom. The highest BCUT2D eigenvalue weighted by atomic mass is 32.1. The predicted octanol–water partition coefficient (Wildman–Crippen LogP) is 1.44. The molecule has 0 aliphatic heterocycles. The van der Waals surface area contributed by atoms with Gasteiger partial charge in [-0.25, -0.2) is 4.98 Å². The number of nitrogens with one attached hydrogen (secondary N) is 2. The highest BCUT2D eigenvalue weighted by Crippen LogP contribution is 2.09. The minimum absolute atomic E-state index is 0.0504. The van der Waals surface area contributed by atoms with Gasteiger partial charge in [0.1, 0.15) is 0 Å². The van der Waals surface area contributed by atoms with Gasteiger partial charge < -0.3 is 10.6 Å². The fraction of sp³-hybridized carbons (Fsp3) is 0.154. The Morgan fingerprint density at radius 1 is 1.16 bits per heavy atom. The number of carbonyl (C=O) groups excluding carboxylic acids is 2. The van der Waals surface area contributed by atoms with Gasteiger partial charge in [-0.15, -0.1) is 11.3 Å². The molecule has 1 heterocycles. The van der Waals surface area contributed by atoms with Crippen LogP contribution in [0.2, 0.25) is 0 Å². The molecule has 19 heavy (non-hydrogen) atoms. The molecule has 0 aliphatic rings. The van der Waals surface area contributed by atoms with Crippen LogP contribution in [0.4, 0.5) is 5.13 Å². The fourth-order valence-corrected chi connectivity index (χ4v) is 2.02. The second-order valence-electron chi connectivity index (χ2n) is 3.82. The lowest BCUT2D eigenvalue weighted by molar-refractivity contribution is -0.123. The zero-order chi connectivity index (χ0) is 13.5. The van der Waals surface area contributed by atoms with Crippen LogP contribution < -0.4 is 10.6 Å². The SMILES string of the molecule is O=C(Cc1ccccc1)NCC(=O)Nc1nccs1. The van der Waals surface area contributed by atoms with Crippen molar-refractivity contribution in [3.8, 4) is 0 Å². The molecule has 1 aromatic heterocycles. The minimum Gasteiger partial charge on any atom is -0.347 e. The maximum atomic E-state index is 11.6. The Balaban J connectivity index is 1.73. The Morgan fingerprint density at radius 3 is 2.63 bits per heavy atom. The highest BCUT2D eigenvalue weighted by molar-refractivity contribution is 7.13. The third-order valence-corrected chi connectivity index (χ3v) is 3.02. The van der Waals surface area contributed by atoms with Crippen molar-refractivity contribution in [1.82, 2.24) is 10.3 Å². The average Bonchev–Trinajstić information content (AvgIpc) is 2.90. The number of anilines is 1. The van der Waals surface area contributed by atoms with Crippen molar-refractivity contribution in [2.45, 2.75) is 6.42 Å². The van der Waals surface area contributed by atoms with Crippen molar-refractivity contribution in [1.29, 1.82) is 0 Å². The Bertz CT molecular complexity index is 540. The van der Waals surface area contributed by atoms with E-state index in [9.17, 15) is 9.59 Å².